The summed E-state index contributed by atoms with van der Waals surface area (Å²) in [7, 11) is 0. The van der Waals surface area contributed by atoms with E-state index in [1.54, 1.807) is 0 Å². The van der Waals surface area contributed by atoms with Crippen LogP contribution in [-0.2, 0) is 9.53 Å². The van der Waals surface area contributed by atoms with E-state index in [-0.39, 0.29) is 0 Å². The molecule has 0 aliphatic carbocycles. The zero-order valence-electron chi connectivity index (χ0n) is 16.0. The SMILES string of the molecule is CC=CCCCCC1=C(CCC)C(C)=C(CCCC)C(=C=O)OC1. The number of allylic oxidation sites excluding steroid dienone is 5. The van der Waals surface area contributed by atoms with E-state index in [0.717, 1.165) is 50.5 Å². The topological polar surface area (TPSA) is 26.3 Å². The lowest BCUT2D eigenvalue weighted by molar-refractivity contribution is 0.246. The Kier molecular flexibility index (Phi) is 10.2. The average Bonchev–Trinajstić information content (AvgIpc) is 2.71. The molecule has 0 saturated carbocycles. The fraction of sp³-hybridized carbons (Fsp3) is 0.636. The first-order chi connectivity index (χ1) is 11.7. The highest BCUT2D eigenvalue weighted by atomic mass is 16.5. The summed E-state index contributed by atoms with van der Waals surface area (Å²) in [6, 6.07) is 0. The van der Waals surface area contributed by atoms with Gasteiger partial charge < -0.3 is 4.74 Å². The van der Waals surface area contributed by atoms with Crippen molar-refractivity contribution in [1.82, 2.24) is 0 Å². The Morgan fingerprint density at radius 2 is 1.83 bits per heavy atom. The first-order valence-corrected chi connectivity index (χ1v) is 9.59. The van der Waals surface area contributed by atoms with Gasteiger partial charge in [-0.3, -0.25) is 0 Å². The Bertz CT molecular complexity index is 528. The van der Waals surface area contributed by atoms with Crippen molar-refractivity contribution >= 4 is 5.94 Å². The van der Waals surface area contributed by atoms with Crippen LogP contribution < -0.4 is 0 Å². The van der Waals surface area contributed by atoms with Crippen molar-refractivity contribution in [2.45, 2.75) is 85.5 Å². The molecular weight excluding hydrogens is 296 g/mol. The minimum atomic E-state index is 0.443. The number of hydrogen-bond acceptors (Lipinski definition) is 2. The van der Waals surface area contributed by atoms with Crippen LogP contribution in [0.5, 0.6) is 0 Å². The van der Waals surface area contributed by atoms with Crippen LogP contribution in [0.3, 0.4) is 0 Å². The van der Waals surface area contributed by atoms with Gasteiger partial charge in [-0.2, -0.15) is 0 Å². The molecule has 0 saturated heterocycles. The zero-order chi connectivity index (χ0) is 17.8. The standard InChI is InChI=1S/C22H34O2/c1-5-8-10-11-12-14-19-17-24-22(16-23)21(15-9-6-2)18(4)20(19)13-7-3/h5,8H,6-7,9-15,17H2,1-4H3. The normalized spacial score (nSPS) is 15.8. The molecule has 0 N–H and O–H groups in total. The third-order valence-corrected chi connectivity index (χ3v) is 4.71. The summed E-state index contributed by atoms with van der Waals surface area (Å²) in [5, 5.41) is 0. The van der Waals surface area contributed by atoms with Gasteiger partial charge in [-0.05, 0) is 75.5 Å². The summed E-state index contributed by atoms with van der Waals surface area (Å²) in [5.41, 5.74) is 5.16. The van der Waals surface area contributed by atoms with Crippen LogP contribution in [0.1, 0.15) is 85.5 Å². The van der Waals surface area contributed by atoms with E-state index in [9.17, 15) is 4.79 Å². The summed E-state index contributed by atoms with van der Waals surface area (Å²) in [4.78, 5) is 11.4. The maximum Gasteiger partial charge on any atom is 0.207 e. The summed E-state index contributed by atoms with van der Waals surface area (Å²) in [5.74, 6) is 2.49. The van der Waals surface area contributed by atoms with Gasteiger partial charge in [0.05, 0.1) is 0 Å². The number of hydrogen-bond donors (Lipinski definition) is 0. The molecule has 0 aromatic heterocycles. The van der Waals surface area contributed by atoms with E-state index in [1.165, 1.54) is 29.6 Å². The third kappa shape index (κ3) is 6.17. The van der Waals surface area contributed by atoms with Crippen LogP contribution >= 0.6 is 0 Å². The summed E-state index contributed by atoms with van der Waals surface area (Å²) in [6.45, 7) is 9.19. The van der Waals surface area contributed by atoms with E-state index in [1.807, 2.05) is 0 Å². The van der Waals surface area contributed by atoms with E-state index in [0.29, 0.717) is 12.4 Å². The molecule has 0 radical (unpaired) electrons. The fourth-order valence-corrected chi connectivity index (χ4v) is 3.30. The van der Waals surface area contributed by atoms with E-state index < -0.39 is 0 Å². The van der Waals surface area contributed by atoms with Gasteiger partial charge in [0.25, 0.3) is 0 Å². The monoisotopic (exact) mass is 330 g/mol. The first-order valence-electron chi connectivity index (χ1n) is 9.59. The fourth-order valence-electron chi connectivity index (χ4n) is 3.30. The molecule has 0 aromatic rings. The van der Waals surface area contributed by atoms with Gasteiger partial charge in [0.1, 0.15) is 6.61 Å². The van der Waals surface area contributed by atoms with Gasteiger partial charge in [-0.1, -0.05) is 38.8 Å². The third-order valence-electron chi connectivity index (χ3n) is 4.71. The quantitative estimate of drug-likeness (QED) is 0.260. The molecule has 0 amide bonds. The van der Waals surface area contributed by atoms with Gasteiger partial charge in [0.15, 0.2) is 5.94 Å². The Morgan fingerprint density at radius 3 is 2.46 bits per heavy atom. The average molecular weight is 331 g/mol. The lowest BCUT2D eigenvalue weighted by atomic mass is 9.90. The molecule has 1 aliphatic rings. The molecule has 0 aromatic carbocycles. The highest BCUT2D eigenvalue weighted by molar-refractivity contribution is 5.61. The molecule has 1 aliphatic heterocycles. The first kappa shape index (κ1) is 20.5. The second kappa shape index (κ2) is 11.9. The molecule has 0 fully saturated rings. The van der Waals surface area contributed by atoms with Gasteiger partial charge in [-0.15, -0.1) is 0 Å². The zero-order valence-corrected chi connectivity index (χ0v) is 16.0. The number of carbonyl (C=O) groups excluding carboxylic acids is 1. The van der Waals surface area contributed by atoms with Crippen LogP contribution in [-0.4, -0.2) is 12.5 Å². The Morgan fingerprint density at radius 1 is 1.04 bits per heavy atom. The Balaban J connectivity index is 3.02. The summed E-state index contributed by atoms with van der Waals surface area (Å²) < 4.78 is 5.86. The maximum atomic E-state index is 11.4. The van der Waals surface area contributed by atoms with Crippen molar-refractivity contribution in [3.8, 4) is 0 Å². The lowest BCUT2D eigenvalue weighted by Gasteiger charge is -2.14. The van der Waals surface area contributed by atoms with Gasteiger partial charge in [0.2, 0.25) is 5.76 Å². The molecular formula is C22H34O2. The van der Waals surface area contributed by atoms with Crippen molar-refractivity contribution in [3.63, 3.8) is 0 Å². The number of unbranched alkanes of at least 4 members (excludes halogenated alkanes) is 3. The molecule has 1 heterocycles. The van der Waals surface area contributed by atoms with E-state index in [4.69, 9.17) is 4.74 Å². The van der Waals surface area contributed by atoms with Crippen LogP contribution in [0.2, 0.25) is 0 Å². The molecule has 0 unspecified atom stereocenters. The van der Waals surface area contributed by atoms with Crippen LogP contribution in [0.15, 0.2) is 40.2 Å². The second-order valence-corrected chi connectivity index (χ2v) is 6.57. The Labute approximate surface area is 148 Å². The van der Waals surface area contributed by atoms with Crippen molar-refractivity contribution in [3.05, 3.63) is 40.2 Å². The molecule has 2 nitrogen and oxygen atoms in total. The molecule has 0 spiro atoms. The molecule has 2 heteroatoms. The van der Waals surface area contributed by atoms with Crippen LogP contribution in [0.25, 0.3) is 0 Å². The second-order valence-electron chi connectivity index (χ2n) is 6.57. The smallest absolute Gasteiger partial charge is 0.207 e. The van der Waals surface area contributed by atoms with Crippen LogP contribution in [0.4, 0.5) is 0 Å². The molecule has 134 valence electrons. The predicted molar refractivity (Wildman–Crippen MR) is 103 cm³/mol. The largest absolute Gasteiger partial charge is 0.479 e. The van der Waals surface area contributed by atoms with Gasteiger partial charge in [0, 0.05) is 5.57 Å². The van der Waals surface area contributed by atoms with Gasteiger partial charge >= 0.3 is 0 Å². The van der Waals surface area contributed by atoms with Crippen molar-refractivity contribution in [2.75, 3.05) is 6.61 Å². The highest BCUT2D eigenvalue weighted by Gasteiger charge is 2.21. The molecule has 24 heavy (non-hydrogen) atoms. The van der Waals surface area contributed by atoms with Gasteiger partial charge in [-0.25, -0.2) is 4.79 Å². The van der Waals surface area contributed by atoms with Crippen molar-refractivity contribution in [1.29, 1.82) is 0 Å². The van der Waals surface area contributed by atoms with E-state index >= 15 is 0 Å². The Hall–Kier alpha value is -1.53. The molecule has 0 bridgehead atoms. The number of rotatable bonds is 10. The minimum absolute atomic E-state index is 0.443. The molecule has 1 rings (SSSR count). The molecule has 0 atom stereocenters. The van der Waals surface area contributed by atoms with Crippen LogP contribution in [0, 0.1) is 0 Å². The maximum absolute atomic E-state index is 11.4. The van der Waals surface area contributed by atoms with Crippen molar-refractivity contribution < 1.29 is 9.53 Å². The number of ether oxygens (including phenoxy) is 1. The minimum Gasteiger partial charge on any atom is -0.479 e. The summed E-state index contributed by atoms with van der Waals surface area (Å²) >= 11 is 0. The highest BCUT2D eigenvalue weighted by Crippen LogP contribution is 2.34. The summed E-state index contributed by atoms with van der Waals surface area (Å²) in [6.07, 6.45) is 14.2. The van der Waals surface area contributed by atoms with Crippen molar-refractivity contribution in [2.24, 2.45) is 0 Å². The lowest BCUT2D eigenvalue weighted by Crippen LogP contribution is -2.00. The van der Waals surface area contributed by atoms with E-state index in [2.05, 4.69) is 45.8 Å². The predicted octanol–water partition coefficient (Wildman–Crippen LogP) is 6.47.